The zero-order valence-electron chi connectivity index (χ0n) is 7.59. The lowest BCUT2D eigenvalue weighted by atomic mass is 9.94. The fourth-order valence-corrected chi connectivity index (χ4v) is 1.62. The van der Waals surface area contributed by atoms with Crippen LogP contribution in [0.5, 0.6) is 0 Å². The van der Waals surface area contributed by atoms with Crippen molar-refractivity contribution >= 4 is 6.08 Å². The molecule has 0 aliphatic heterocycles. The predicted molar refractivity (Wildman–Crippen MR) is 50.9 cm³/mol. The fourth-order valence-electron chi connectivity index (χ4n) is 1.62. The van der Waals surface area contributed by atoms with E-state index < -0.39 is 0 Å². The normalized spacial score (nSPS) is 15.3. The summed E-state index contributed by atoms with van der Waals surface area (Å²) in [6.07, 6.45) is 6.63. The molecule has 0 saturated heterocycles. The van der Waals surface area contributed by atoms with Gasteiger partial charge >= 0.3 is 0 Å². The van der Waals surface area contributed by atoms with Gasteiger partial charge in [-0.1, -0.05) is 11.6 Å². The Morgan fingerprint density at radius 1 is 1.25 bits per heavy atom. The maximum atomic E-state index is 4.29. The Labute approximate surface area is 73.1 Å². The molecule has 0 amide bonds. The van der Waals surface area contributed by atoms with Crippen molar-refractivity contribution in [2.75, 3.05) is 0 Å². The number of pyridine rings is 1. The lowest BCUT2D eigenvalue weighted by molar-refractivity contribution is 0.913. The molecule has 1 aliphatic carbocycles. The average Bonchev–Trinajstić information content (AvgIpc) is 2.03. The molecular weight excluding hydrogens is 146 g/mol. The predicted octanol–water partition coefficient (Wildman–Crippen LogP) is 2.74. The second kappa shape index (κ2) is 2.74. The second-order valence-corrected chi connectivity index (χ2v) is 3.52. The Kier molecular flexibility index (Phi) is 1.72. The number of hydrogen-bond acceptors (Lipinski definition) is 1. The van der Waals surface area contributed by atoms with E-state index >= 15 is 0 Å². The Morgan fingerprint density at radius 2 is 2.08 bits per heavy atom. The highest BCUT2D eigenvalue weighted by Crippen LogP contribution is 2.22. The molecule has 1 aromatic rings. The minimum atomic E-state index is 1.11. The largest absolute Gasteiger partial charge is 0.261 e. The van der Waals surface area contributed by atoms with Crippen molar-refractivity contribution < 1.29 is 0 Å². The molecule has 62 valence electrons. The van der Waals surface area contributed by atoms with Crippen molar-refractivity contribution in [1.29, 1.82) is 0 Å². The van der Waals surface area contributed by atoms with Gasteiger partial charge < -0.3 is 0 Å². The number of nitrogens with zero attached hydrogens (tertiary/aromatic N) is 1. The molecule has 0 atom stereocenters. The summed E-state index contributed by atoms with van der Waals surface area (Å²) < 4.78 is 0. The topological polar surface area (TPSA) is 12.9 Å². The highest BCUT2D eigenvalue weighted by atomic mass is 14.7. The van der Waals surface area contributed by atoms with Crippen molar-refractivity contribution in [2.45, 2.75) is 26.7 Å². The lowest BCUT2D eigenvalue weighted by Crippen LogP contribution is -1.99. The number of hydrogen-bond donors (Lipinski definition) is 0. The van der Waals surface area contributed by atoms with Crippen LogP contribution in [0.25, 0.3) is 6.08 Å². The summed E-state index contributed by atoms with van der Waals surface area (Å²) in [6, 6.07) is 2.16. The molecule has 1 heterocycles. The first-order chi connectivity index (χ1) is 5.75. The van der Waals surface area contributed by atoms with Crippen molar-refractivity contribution in [3.05, 3.63) is 34.7 Å². The van der Waals surface area contributed by atoms with E-state index in [9.17, 15) is 0 Å². The van der Waals surface area contributed by atoms with E-state index in [2.05, 4.69) is 24.1 Å². The van der Waals surface area contributed by atoms with Crippen LogP contribution in [0.2, 0.25) is 0 Å². The van der Waals surface area contributed by atoms with Crippen molar-refractivity contribution in [3.8, 4) is 0 Å². The van der Waals surface area contributed by atoms with Crippen LogP contribution in [0.1, 0.15) is 30.2 Å². The third-order valence-corrected chi connectivity index (χ3v) is 2.35. The number of fused-ring (bicyclic) bond motifs is 1. The summed E-state index contributed by atoms with van der Waals surface area (Å²) in [7, 11) is 0. The van der Waals surface area contributed by atoms with Crippen LogP contribution in [-0.2, 0) is 6.42 Å². The summed E-state index contributed by atoms with van der Waals surface area (Å²) in [5.41, 5.74) is 5.35. The van der Waals surface area contributed by atoms with Gasteiger partial charge in [-0.25, -0.2) is 0 Å². The van der Waals surface area contributed by atoms with Gasteiger partial charge in [-0.15, -0.1) is 0 Å². The van der Waals surface area contributed by atoms with E-state index in [1.54, 1.807) is 0 Å². The Bertz CT molecular complexity index is 337. The zero-order chi connectivity index (χ0) is 8.55. The van der Waals surface area contributed by atoms with Crippen LogP contribution in [0.15, 0.2) is 17.8 Å². The third kappa shape index (κ3) is 1.27. The summed E-state index contributed by atoms with van der Waals surface area (Å²) in [6.45, 7) is 4.23. The van der Waals surface area contributed by atoms with E-state index in [0.29, 0.717) is 0 Å². The summed E-state index contributed by atoms with van der Waals surface area (Å²) >= 11 is 0. The zero-order valence-corrected chi connectivity index (χ0v) is 7.59. The fraction of sp³-hybridized carbons (Fsp3) is 0.364. The number of allylic oxidation sites excluding steroid dienone is 1. The van der Waals surface area contributed by atoms with Crippen LogP contribution in [0.3, 0.4) is 0 Å². The molecule has 12 heavy (non-hydrogen) atoms. The van der Waals surface area contributed by atoms with Gasteiger partial charge in [-0.3, -0.25) is 4.98 Å². The van der Waals surface area contributed by atoms with Crippen LogP contribution < -0.4 is 0 Å². The molecule has 0 spiro atoms. The number of aromatic nitrogens is 1. The van der Waals surface area contributed by atoms with Crippen molar-refractivity contribution in [3.63, 3.8) is 0 Å². The van der Waals surface area contributed by atoms with Crippen LogP contribution in [-0.4, -0.2) is 4.98 Å². The molecule has 0 saturated carbocycles. The standard InChI is InChI=1S/C11H13N/c1-8-3-4-10-7-12-9(2)6-11(10)5-8/h5-7H,3-4H2,1-2H3. The van der Waals surface area contributed by atoms with Gasteiger partial charge in [0.15, 0.2) is 0 Å². The van der Waals surface area contributed by atoms with Gasteiger partial charge in [0.2, 0.25) is 0 Å². The average molecular weight is 159 g/mol. The number of rotatable bonds is 0. The van der Waals surface area contributed by atoms with Crippen LogP contribution in [0, 0.1) is 6.92 Å². The molecule has 1 heteroatoms. The summed E-state index contributed by atoms with van der Waals surface area (Å²) in [5.74, 6) is 0. The van der Waals surface area contributed by atoms with E-state index in [-0.39, 0.29) is 0 Å². The monoisotopic (exact) mass is 159 g/mol. The molecule has 0 N–H and O–H groups in total. The smallest absolute Gasteiger partial charge is 0.0378 e. The molecular formula is C11H13N. The van der Waals surface area contributed by atoms with Gasteiger partial charge in [-0.2, -0.15) is 0 Å². The van der Waals surface area contributed by atoms with Gasteiger partial charge in [0.1, 0.15) is 0 Å². The van der Waals surface area contributed by atoms with E-state index in [4.69, 9.17) is 0 Å². The van der Waals surface area contributed by atoms with Gasteiger partial charge in [0.25, 0.3) is 0 Å². The van der Waals surface area contributed by atoms with E-state index in [1.165, 1.54) is 23.1 Å². The minimum absolute atomic E-state index is 1.11. The summed E-state index contributed by atoms with van der Waals surface area (Å²) in [5, 5.41) is 0. The molecule has 0 unspecified atom stereocenters. The highest BCUT2D eigenvalue weighted by Gasteiger charge is 2.07. The first-order valence-electron chi connectivity index (χ1n) is 4.38. The highest BCUT2D eigenvalue weighted by molar-refractivity contribution is 5.58. The quantitative estimate of drug-likeness (QED) is 0.567. The SMILES string of the molecule is CC1=Cc2cc(C)ncc2CC1. The molecule has 0 aromatic carbocycles. The number of aryl methyl sites for hydroxylation is 2. The first kappa shape index (κ1) is 7.53. The first-order valence-corrected chi connectivity index (χ1v) is 4.38. The van der Waals surface area contributed by atoms with Crippen LogP contribution in [0.4, 0.5) is 0 Å². The molecule has 1 aromatic heterocycles. The Balaban J connectivity index is 2.53. The molecule has 0 fully saturated rings. The van der Waals surface area contributed by atoms with Gasteiger partial charge in [0.05, 0.1) is 0 Å². The van der Waals surface area contributed by atoms with Gasteiger partial charge in [-0.05, 0) is 43.9 Å². The molecule has 0 radical (unpaired) electrons. The van der Waals surface area contributed by atoms with Crippen molar-refractivity contribution in [2.24, 2.45) is 0 Å². The van der Waals surface area contributed by atoms with E-state index in [1.807, 2.05) is 13.1 Å². The molecule has 2 rings (SSSR count). The molecule has 1 aliphatic rings. The minimum Gasteiger partial charge on any atom is -0.261 e. The third-order valence-electron chi connectivity index (χ3n) is 2.35. The Hall–Kier alpha value is -1.11. The molecule has 0 bridgehead atoms. The maximum absolute atomic E-state index is 4.29. The second-order valence-electron chi connectivity index (χ2n) is 3.52. The van der Waals surface area contributed by atoms with Crippen molar-refractivity contribution in [1.82, 2.24) is 4.98 Å². The van der Waals surface area contributed by atoms with Crippen LogP contribution >= 0.6 is 0 Å². The molecule has 1 nitrogen and oxygen atoms in total. The van der Waals surface area contributed by atoms with E-state index in [0.717, 1.165) is 12.1 Å². The summed E-state index contributed by atoms with van der Waals surface area (Å²) in [4.78, 5) is 4.29. The lowest BCUT2D eigenvalue weighted by Gasteiger charge is -2.13. The van der Waals surface area contributed by atoms with Gasteiger partial charge in [0, 0.05) is 11.9 Å². The maximum Gasteiger partial charge on any atom is 0.0378 e. The Morgan fingerprint density at radius 3 is 2.92 bits per heavy atom.